The van der Waals surface area contributed by atoms with E-state index in [0.29, 0.717) is 53.1 Å². The molecular weight excluding hydrogens is 506 g/mol. The number of ether oxygens (including phenoxy) is 1. The van der Waals surface area contributed by atoms with Gasteiger partial charge in [-0.05, 0) is 32.0 Å². The number of rotatable bonds is 8. The SMILES string of the molecule is COc1cc(N2CCN(C(C)C)CC2)c(F)cc1Nc1nc(Nc2cccc(F)c2C(N)=O)c2cc[nH]c2[nH+]1. The van der Waals surface area contributed by atoms with Crippen LogP contribution in [-0.2, 0) is 0 Å². The summed E-state index contributed by atoms with van der Waals surface area (Å²) < 4.78 is 35.3. The molecule has 0 aliphatic carbocycles. The number of fused-ring (bicyclic) bond motifs is 1. The molecule has 1 fully saturated rings. The molecule has 0 saturated carbocycles. The first-order valence-electron chi connectivity index (χ1n) is 12.6. The summed E-state index contributed by atoms with van der Waals surface area (Å²) in [7, 11) is 1.52. The smallest absolute Gasteiger partial charge is 0.351 e. The van der Waals surface area contributed by atoms with Crippen LogP contribution in [0.25, 0.3) is 11.0 Å². The summed E-state index contributed by atoms with van der Waals surface area (Å²) in [6.45, 7) is 7.45. The molecule has 2 aromatic heterocycles. The zero-order valence-corrected chi connectivity index (χ0v) is 21.9. The maximum Gasteiger partial charge on any atom is 0.351 e. The number of amides is 1. The van der Waals surface area contributed by atoms with Gasteiger partial charge in [-0.15, -0.1) is 0 Å². The maximum absolute atomic E-state index is 15.4. The summed E-state index contributed by atoms with van der Waals surface area (Å²) in [6, 6.07) is 9.42. The second-order valence-corrected chi connectivity index (χ2v) is 9.60. The first-order valence-corrected chi connectivity index (χ1v) is 12.6. The van der Waals surface area contributed by atoms with Gasteiger partial charge in [0.15, 0.2) is 5.75 Å². The standard InChI is InChI=1S/C27H30F2N8O2/c1-15(2)36-9-11-37(12-10-36)21-14-22(39-3)20(13-18(21)29)33-27-34-25-16(7-8-31-25)26(35-27)32-19-6-4-5-17(28)23(19)24(30)38/h4-8,13-15H,9-12H2,1-3H3,(H2,30,38)(H3,31,32,33,34,35)/p+1. The summed E-state index contributed by atoms with van der Waals surface area (Å²) in [4.78, 5) is 27.0. The van der Waals surface area contributed by atoms with Crippen molar-refractivity contribution in [2.24, 2.45) is 5.73 Å². The number of hydrogen-bond donors (Lipinski definition) is 4. The molecule has 0 spiro atoms. The number of piperazine rings is 1. The number of aromatic amines is 2. The third-order valence-electron chi connectivity index (χ3n) is 6.89. The van der Waals surface area contributed by atoms with Gasteiger partial charge in [0.25, 0.3) is 5.91 Å². The maximum atomic E-state index is 15.4. The van der Waals surface area contributed by atoms with Gasteiger partial charge in [0.2, 0.25) is 11.5 Å². The largest absolute Gasteiger partial charge is 0.493 e. The van der Waals surface area contributed by atoms with E-state index < -0.39 is 11.7 Å². The first-order chi connectivity index (χ1) is 18.7. The Bertz CT molecular complexity index is 1520. The second-order valence-electron chi connectivity index (χ2n) is 9.60. The molecule has 1 aliphatic heterocycles. The van der Waals surface area contributed by atoms with Crippen molar-refractivity contribution >= 4 is 45.8 Å². The zero-order chi connectivity index (χ0) is 27.7. The average Bonchev–Trinajstić information content (AvgIpc) is 3.38. The van der Waals surface area contributed by atoms with Crippen molar-refractivity contribution in [3.8, 4) is 5.75 Å². The van der Waals surface area contributed by atoms with Crippen LogP contribution in [0, 0.1) is 11.6 Å². The van der Waals surface area contributed by atoms with Crippen LogP contribution in [0.4, 0.5) is 37.6 Å². The summed E-state index contributed by atoms with van der Waals surface area (Å²) in [5, 5.41) is 6.74. The number of halogens is 2. The zero-order valence-electron chi connectivity index (χ0n) is 21.9. The number of H-pyrrole nitrogens is 2. The number of nitrogens with zero attached hydrogens (tertiary/aromatic N) is 3. The van der Waals surface area contributed by atoms with E-state index in [1.807, 2.05) is 4.90 Å². The third kappa shape index (κ3) is 5.28. The van der Waals surface area contributed by atoms with E-state index in [0.717, 1.165) is 19.2 Å². The lowest BCUT2D eigenvalue weighted by Gasteiger charge is -2.38. The Morgan fingerprint density at radius 1 is 1.10 bits per heavy atom. The predicted molar refractivity (Wildman–Crippen MR) is 146 cm³/mol. The lowest BCUT2D eigenvalue weighted by Crippen LogP contribution is -2.49. The molecule has 5 rings (SSSR count). The molecule has 10 nitrogen and oxygen atoms in total. The van der Waals surface area contributed by atoms with Gasteiger partial charge in [0, 0.05) is 50.6 Å². The number of nitrogens with one attached hydrogen (secondary N) is 4. The van der Waals surface area contributed by atoms with E-state index in [1.165, 1.54) is 25.3 Å². The van der Waals surface area contributed by atoms with E-state index in [9.17, 15) is 9.18 Å². The van der Waals surface area contributed by atoms with Crippen molar-refractivity contribution in [1.29, 1.82) is 0 Å². The van der Waals surface area contributed by atoms with E-state index in [4.69, 9.17) is 10.5 Å². The van der Waals surface area contributed by atoms with Crippen LogP contribution in [0.15, 0.2) is 42.6 Å². The minimum atomic E-state index is -0.910. The average molecular weight is 538 g/mol. The number of aromatic nitrogens is 3. The molecule has 1 saturated heterocycles. The number of anilines is 5. The van der Waals surface area contributed by atoms with Gasteiger partial charge in [-0.2, -0.15) is 0 Å². The van der Waals surface area contributed by atoms with Gasteiger partial charge < -0.3 is 20.7 Å². The van der Waals surface area contributed by atoms with Crippen molar-refractivity contribution in [1.82, 2.24) is 14.9 Å². The number of carbonyl (C=O) groups is 1. The third-order valence-corrected chi connectivity index (χ3v) is 6.89. The summed E-state index contributed by atoms with van der Waals surface area (Å²) in [6.07, 6.45) is 1.70. The Hall–Kier alpha value is -4.45. The van der Waals surface area contributed by atoms with E-state index in [2.05, 4.69) is 44.3 Å². The first kappa shape index (κ1) is 26.2. The topological polar surface area (TPSA) is 126 Å². The molecule has 12 heteroatoms. The van der Waals surface area contributed by atoms with Crippen LogP contribution >= 0.6 is 0 Å². The molecule has 0 unspecified atom stereocenters. The number of carbonyl (C=O) groups excluding carboxylic acids is 1. The van der Waals surface area contributed by atoms with Gasteiger partial charge in [-0.1, -0.05) is 11.1 Å². The molecule has 39 heavy (non-hydrogen) atoms. The van der Waals surface area contributed by atoms with Crippen LogP contribution in [0.2, 0.25) is 0 Å². The highest BCUT2D eigenvalue weighted by molar-refractivity contribution is 6.00. The highest BCUT2D eigenvalue weighted by Crippen LogP contribution is 2.35. The fourth-order valence-corrected chi connectivity index (χ4v) is 4.81. The van der Waals surface area contributed by atoms with Crippen molar-refractivity contribution in [2.75, 3.05) is 48.8 Å². The highest BCUT2D eigenvalue weighted by Gasteiger charge is 2.24. The number of methoxy groups -OCH3 is 1. The molecule has 0 radical (unpaired) electrons. The molecule has 6 N–H and O–H groups in total. The van der Waals surface area contributed by atoms with Crippen molar-refractivity contribution in [3.63, 3.8) is 0 Å². The predicted octanol–water partition coefficient (Wildman–Crippen LogP) is 3.78. The number of benzene rings is 2. The van der Waals surface area contributed by atoms with Crippen molar-refractivity contribution < 1.29 is 23.3 Å². The molecular formula is C27H31F2N8O2+. The fourth-order valence-electron chi connectivity index (χ4n) is 4.81. The minimum absolute atomic E-state index is 0.167. The molecule has 1 aliphatic rings. The Kier molecular flexibility index (Phi) is 7.20. The number of primary amides is 1. The molecule has 0 bridgehead atoms. The lowest BCUT2D eigenvalue weighted by atomic mass is 10.1. The Morgan fingerprint density at radius 3 is 2.56 bits per heavy atom. The quantitative estimate of drug-likeness (QED) is 0.270. The van der Waals surface area contributed by atoms with Crippen molar-refractivity contribution in [3.05, 3.63) is 59.8 Å². The van der Waals surface area contributed by atoms with E-state index in [-0.39, 0.29) is 23.0 Å². The molecule has 1 amide bonds. The van der Waals surface area contributed by atoms with Gasteiger partial charge in [0.1, 0.15) is 17.3 Å². The number of nitrogens with two attached hydrogens (primary N) is 1. The normalized spacial score (nSPS) is 14.2. The van der Waals surface area contributed by atoms with Gasteiger partial charge >= 0.3 is 5.95 Å². The highest BCUT2D eigenvalue weighted by atomic mass is 19.1. The van der Waals surface area contributed by atoms with Crippen LogP contribution in [0.1, 0.15) is 24.2 Å². The van der Waals surface area contributed by atoms with Gasteiger partial charge in [-0.3, -0.25) is 20.0 Å². The van der Waals surface area contributed by atoms with Crippen LogP contribution < -0.4 is 31.0 Å². The molecule has 204 valence electrons. The van der Waals surface area contributed by atoms with Crippen molar-refractivity contribution in [2.45, 2.75) is 19.9 Å². The monoisotopic (exact) mass is 537 g/mol. The lowest BCUT2D eigenvalue weighted by molar-refractivity contribution is -0.333. The Morgan fingerprint density at radius 2 is 1.87 bits per heavy atom. The summed E-state index contributed by atoms with van der Waals surface area (Å²) in [5.74, 6) is -1.03. The van der Waals surface area contributed by atoms with E-state index in [1.54, 1.807) is 18.3 Å². The summed E-state index contributed by atoms with van der Waals surface area (Å²) in [5.41, 5.74) is 6.73. The Labute approximate surface area is 224 Å². The van der Waals surface area contributed by atoms with Gasteiger partial charge in [-0.25, -0.2) is 13.8 Å². The van der Waals surface area contributed by atoms with Crippen LogP contribution in [0.3, 0.4) is 0 Å². The molecule has 4 aromatic rings. The van der Waals surface area contributed by atoms with Crippen LogP contribution in [0.5, 0.6) is 5.75 Å². The number of hydrogen-bond acceptors (Lipinski definition) is 7. The minimum Gasteiger partial charge on any atom is -0.493 e. The van der Waals surface area contributed by atoms with Gasteiger partial charge in [0.05, 0.1) is 29.4 Å². The molecule has 2 aromatic carbocycles. The molecule has 0 atom stereocenters. The van der Waals surface area contributed by atoms with Crippen LogP contribution in [-0.4, -0.2) is 60.1 Å². The summed E-state index contributed by atoms with van der Waals surface area (Å²) >= 11 is 0. The van der Waals surface area contributed by atoms with E-state index >= 15 is 4.39 Å². The molecule has 3 heterocycles. The Balaban J connectivity index is 1.45. The second kappa shape index (κ2) is 10.7. The fraction of sp³-hybridized carbons (Fsp3) is 0.296.